The molecule has 3 aliphatic carbocycles. The zero-order chi connectivity index (χ0) is 18.5. The zero-order valence-electron chi connectivity index (χ0n) is 18.2. The maximum absolute atomic E-state index is 6.84. The van der Waals surface area contributed by atoms with E-state index in [0.717, 1.165) is 17.8 Å². The molecule has 0 radical (unpaired) electrons. The van der Waals surface area contributed by atoms with Gasteiger partial charge in [-0.2, -0.15) is 0 Å². The average Bonchev–Trinajstić information content (AvgIpc) is 2.60. The van der Waals surface area contributed by atoms with Crippen LogP contribution in [0.25, 0.3) is 0 Å². The van der Waals surface area contributed by atoms with Gasteiger partial charge in [-0.1, -0.05) is 0 Å². The van der Waals surface area contributed by atoms with Crippen LogP contribution in [0.15, 0.2) is 0 Å². The molecule has 0 amide bonds. The van der Waals surface area contributed by atoms with Gasteiger partial charge in [0.2, 0.25) is 0 Å². The van der Waals surface area contributed by atoms with Gasteiger partial charge in [0.15, 0.2) is 0 Å². The minimum absolute atomic E-state index is 0.581. The molecule has 2 heteroatoms. The molecule has 25 heavy (non-hydrogen) atoms. The standard InChI is InChI=1S/C11H19O.3C4H9.Sn/c1-7-9-5-8(11(9,2)3)6-10(7)12-4;3*1-3-4-2;/h7-10H,4-6H2,1-3H3;3*1,3-4H2,2H3;/t7-,8+,9-,10-;;;;/m1..../s1. The molecule has 0 unspecified atom stereocenters. The zero-order valence-corrected chi connectivity index (χ0v) is 21.1. The summed E-state index contributed by atoms with van der Waals surface area (Å²) in [6, 6.07) is 0. The summed E-state index contributed by atoms with van der Waals surface area (Å²) in [5.41, 5.74) is 0.590. The van der Waals surface area contributed by atoms with Crippen LogP contribution in [0.2, 0.25) is 13.3 Å². The van der Waals surface area contributed by atoms with Gasteiger partial charge in [0.1, 0.15) is 0 Å². The van der Waals surface area contributed by atoms with Gasteiger partial charge in [-0.25, -0.2) is 0 Å². The number of unbranched alkanes of at least 4 members (excludes halogenated alkanes) is 3. The predicted octanol–water partition coefficient (Wildman–Crippen LogP) is 7.46. The molecule has 0 spiro atoms. The molecule has 0 N–H and O–H groups in total. The SMILES string of the molecule is CCC[CH2][Sn]([CH2]CCC)([CH2]CCC)[CH2]O[C@@H]1C[C@@H]2C[C@H]([C@H]1C)C2(C)C. The summed E-state index contributed by atoms with van der Waals surface area (Å²) < 4.78 is 12.8. The van der Waals surface area contributed by atoms with Gasteiger partial charge in [0.05, 0.1) is 0 Å². The van der Waals surface area contributed by atoms with Gasteiger partial charge in [-0.15, -0.1) is 0 Å². The number of fused-ring (bicyclic) bond motifs is 2. The van der Waals surface area contributed by atoms with Crippen LogP contribution in [-0.2, 0) is 4.74 Å². The Hall–Kier alpha value is 0.759. The summed E-state index contributed by atoms with van der Waals surface area (Å²) >= 11 is -2.10. The van der Waals surface area contributed by atoms with Crippen molar-refractivity contribution in [3.63, 3.8) is 0 Å². The Morgan fingerprint density at radius 3 is 1.80 bits per heavy atom. The molecule has 148 valence electrons. The number of hydrogen-bond donors (Lipinski definition) is 0. The Morgan fingerprint density at radius 1 is 0.880 bits per heavy atom. The Kier molecular flexibility index (Phi) is 8.65. The van der Waals surface area contributed by atoms with Gasteiger partial charge in [0, 0.05) is 0 Å². The molecule has 0 aromatic carbocycles. The third kappa shape index (κ3) is 5.18. The molecule has 0 aliphatic heterocycles. The van der Waals surface area contributed by atoms with E-state index in [1.807, 2.05) is 0 Å². The normalized spacial score (nSPS) is 31.0. The summed E-state index contributed by atoms with van der Waals surface area (Å²) in [7, 11) is 0. The van der Waals surface area contributed by atoms with Crippen molar-refractivity contribution in [2.24, 2.45) is 23.2 Å². The van der Waals surface area contributed by atoms with Crippen LogP contribution in [0, 0.1) is 23.2 Å². The maximum atomic E-state index is 6.84. The second-order valence-electron chi connectivity index (χ2n) is 10.1. The van der Waals surface area contributed by atoms with E-state index in [2.05, 4.69) is 41.5 Å². The van der Waals surface area contributed by atoms with Crippen LogP contribution in [-0.4, -0.2) is 29.1 Å². The molecule has 3 fully saturated rings. The van der Waals surface area contributed by atoms with Crippen LogP contribution in [0.5, 0.6) is 0 Å². The number of ether oxygens (including phenoxy) is 1. The first kappa shape index (κ1) is 22.1. The van der Waals surface area contributed by atoms with Crippen LogP contribution in [0.1, 0.15) is 92.9 Å². The van der Waals surface area contributed by atoms with Crippen molar-refractivity contribution in [2.45, 2.75) is 112 Å². The van der Waals surface area contributed by atoms with Crippen molar-refractivity contribution in [2.75, 3.05) is 4.62 Å². The Balaban J connectivity index is 1.97. The van der Waals surface area contributed by atoms with Crippen molar-refractivity contribution < 1.29 is 4.74 Å². The minimum atomic E-state index is -2.10. The van der Waals surface area contributed by atoms with Crippen molar-refractivity contribution >= 4 is 18.4 Å². The fourth-order valence-corrected chi connectivity index (χ4v) is 20.3. The molecule has 3 rings (SSSR count). The van der Waals surface area contributed by atoms with E-state index in [1.54, 1.807) is 13.3 Å². The molecule has 0 saturated heterocycles. The van der Waals surface area contributed by atoms with Crippen molar-refractivity contribution in [1.82, 2.24) is 0 Å². The molecule has 4 atom stereocenters. The van der Waals surface area contributed by atoms with Gasteiger partial charge < -0.3 is 0 Å². The molecule has 0 aromatic heterocycles. The van der Waals surface area contributed by atoms with E-state index in [1.165, 1.54) is 56.0 Å². The number of rotatable bonds is 12. The summed E-state index contributed by atoms with van der Waals surface area (Å²) in [5, 5.41) is 0. The molecule has 2 bridgehead atoms. The first-order valence-electron chi connectivity index (χ1n) is 11.5. The number of hydrogen-bond acceptors (Lipinski definition) is 1. The summed E-state index contributed by atoms with van der Waals surface area (Å²) in [6.45, 7) is 14.6. The van der Waals surface area contributed by atoms with Gasteiger partial charge >= 0.3 is 163 Å². The van der Waals surface area contributed by atoms with E-state index in [4.69, 9.17) is 4.74 Å². The molecule has 0 aromatic rings. The van der Waals surface area contributed by atoms with E-state index >= 15 is 0 Å². The third-order valence-corrected chi connectivity index (χ3v) is 22.4. The van der Waals surface area contributed by atoms with Crippen molar-refractivity contribution in [1.29, 1.82) is 0 Å². The van der Waals surface area contributed by atoms with Gasteiger partial charge in [0.25, 0.3) is 0 Å². The van der Waals surface area contributed by atoms with Crippen LogP contribution in [0.4, 0.5) is 0 Å². The van der Waals surface area contributed by atoms with E-state index in [0.29, 0.717) is 11.5 Å². The first-order valence-corrected chi connectivity index (χ1v) is 19.6. The first-order chi connectivity index (χ1) is 11.9. The summed E-state index contributed by atoms with van der Waals surface area (Å²) in [6.07, 6.45) is 11.9. The Bertz CT molecular complexity index is 370. The van der Waals surface area contributed by atoms with Crippen LogP contribution >= 0.6 is 0 Å². The van der Waals surface area contributed by atoms with Gasteiger partial charge in [-0.3, -0.25) is 0 Å². The second-order valence-corrected chi connectivity index (χ2v) is 23.8. The molecular weight excluding hydrogens is 411 g/mol. The fourth-order valence-electron chi connectivity index (χ4n) is 5.85. The van der Waals surface area contributed by atoms with E-state index < -0.39 is 18.4 Å². The predicted molar refractivity (Wildman–Crippen MR) is 114 cm³/mol. The van der Waals surface area contributed by atoms with Crippen LogP contribution < -0.4 is 0 Å². The molecular formula is C23H46OSn. The molecule has 3 aliphatic rings. The molecule has 1 nitrogen and oxygen atoms in total. The average molecular weight is 457 g/mol. The van der Waals surface area contributed by atoms with Crippen LogP contribution in [0.3, 0.4) is 0 Å². The Labute approximate surface area is 162 Å². The molecule has 0 heterocycles. The summed E-state index contributed by atoms with van der Waals surface area (Å²) in [4.78, 5) is 0. The summed E-state index contributed by atoms with van der Waals surface area (Å²) in [5.74, 6) is 2.64. The second kappa shape index (κ2) is 9.80. The van der Waals surface area contributed by atoms with Crippen molar-refractivity contribution in [3.8, 4) is 0 Å². The third-order valence-electron chi connectivity index (χ3n) is 8.07. The Morgan fingerprint density at radius 2 is 1.40 bits per heavy atom. The topological polar surface area (TPSA) is 9.23 Å². The van der Waals surface area contributed by atoms with E-state index in [9.17, 15) is 0 Å². The monoisotopic (exact) mass is 458 g/mol. The van der Waals surface area contributed by atoms with Crippen molar-refractivity contribution in [3.05, 3.63) is 0 Å². The van der Waals surface area contributed by atoms with E-state index in [-0.39, 0.29) is 0 Å². The molecule has 3 saturated carbocycles. The fraction of sp³-hybridized carbons (Fsp3) is 1.00. The quantitative estimate of drug-likeness (QED) is 0.277. The van der Waals surface area contributed by atoms with Gasteiger partial charge in [-0.05, 0) is 0 Å².